The van der Waals surface area contributed by atoms with Crippen LogP contribution in [0, 0.1) is 0 Å². The highest BCUT2D eigenvalue weighted by Gasteiger charge is 2.63. The number of hydrogen-bond donors (Lipinski definition) is 0. The standard InChI is InChI=1S/C19H17NO7/c1-22-20-16-12-24-19(15-10-6-3-7-11-15)25-18(16,26-27-19)13-23-17(21)14-8-4-2-5-9-14/h2-11H,12-13H2,1H3/b20-16+/t18-,19+/m1/s1. The first-order valence-electron chi connectivity index (χ1n) is 8.27. The molecule has 2 saturated heterocycles. The minimum atomic E-state index is -1.58. The second-order valence-corrected chi connectivity index (χ2v) is 5.90. The zero-order valence-electron chi connectivity index (χ0n) is 14.5. The Balaban J connectivity index is 1.58. The van der Waals surface area contributed by atoms with Crippen LogP contribution in [0.3, 0.4) is 0 Å². The van der Waals surface area contributed by atoms with Crippen molar-refractivity contribution in [2.24, 2.45) is 5.16 Å². The molecule has 8 heteroatoms. The Hall–Kier alpha value is -2.78. The van der Waals surface area contributed by atoms with Crippen molar-refractivity contribution in [3.8, 4) is 0 Å². The number of carbonyl (C=O) groups is 1. The van der Waals surface area contributed by atoms with Crippen molar-refractivity contribution >= 4 is 11.7 Å². The summed E-state index contributed by atoms with van der Waals surface area (Å²) in [6, 6.07) is 17.6. The van der Waals surface area contributed by atoms with E-state index in [2.05, 4.69) is 5.16 Å². The lowest BCUT2D eigenvalue weighted by Crippen LogP contribution is -2.53. The summed E-state index contributed by atoms with van der Waals surface area (Å²) in [7, 11) is 1.38. The van der Waals surface area contributed by atoms with Gasteiger partial charge in [-0.25, -0.2) is 4.79 Å². The van der Waals surface area contributed by atoms with Crippen molar-refractivity contribution in [2.75, 3.05) is 20.3 Å². The van der Waals surface area contributed by atoms with Gasteiger partial charge in [-0.1, -0.05) is 53.7 Å². The zero-order chi connectivity index (χ0) is 18.7. The molecule has 2 aromatic carbocycles. The first-order chi connectivity index (χ1) is 13.2. The number of carbonyl (C=O) groups excluding carboxylic acids is 1. The molecule has 2 aromatic rings. The normalized spacial score (nSPS) is 28.1. The minimum absolute atomic E-state index is 0.00558. The highest BCUT2D eigenvalue weighted by molar-refractivity contribution is 5.94. The molecule has 27 heavy (non-hydrogen) atoms. The second kappa shape index (κ2) is 7.09. The van der Waals surface area contributed by atoms with Gasteiger partial charge in [0.25, 0.3) is 5.79 Å². The lowest BCUT2D eigenvalue weighted by molar-refractivity contribution is -0.419. The summed E-state index contributed by atoms with van der Waals surface area (Å²) < 4.78 is 17.0. The molecule has 2 heterocycles. The summed E-state index contributed by atoms with van der Waals surface area (Å²) in [5.41, 5.74) is 1.24. The highest BCUT2D eigenvalue weighted by atomic mass is 17.3. The number of esters is 1. The number of oxime groups is 1. The van der Waals surface area contributed by atoms with E-state index in [1.54, 1.807) is 36.4 Å². The molecular formula is C19H17NO7. The Labute approximate surface area is 155 Å². The fourth-order valence-electron chi connectivity index (χ4n) is 2.80. The van der Waals surface area contributed by atoms with Crippen molar-refractivity contribution in [2.45, 2.75) is 11.8 Å². The van der Waals surface area contributed by atoms with Crippen LogP contribution in [0.4, 0.5) is 0 Å². The summed E-state index contributed by atoms with van der Waals surface area (Å²) >= 11 is 0. The molecule has 0 aromatic heterocycles. The van der Waals surface area contributed by atoms with Crippen LogP contribution in [0.1, 0.15) is 15.9 Å². The van der Waals surface area contributed by atoms with Crippen LogP contribution in [-0.4, -0.2) is 37.8 Å². The van der Waals surface area contributed by atoms with Gasteiger partial charge in [0.05, 0.1) is 5.56 Å². The van der Waals surface area contributed by atoms with E-state index in [-0.39, 0.29) is 18.9 Å². The molecule has 0 radical (unpaired) electrons. The quantitative estimate of drug-likeness (QED) is 0.453. The topological polar surface area (TPSA) is 84.8 Å². The number of rotatable bonds is 5. The van der Waals surface area contributed by atoms with Gasteiger partial charge in [0.1, 0.15) is 19.4 Å². The molecule has 2 aliphatic heterocycles. The fraction of sp³-hybridized carbons (Fsp3) is 0.263. The van der Waals surface area contributed by atoms with Crippen LogP contribution >= 0.6 is 0 Å². The van der Waals surface area contributed by atoms with E-state index < -0.39 is 17.7 Å². The van der Waals surface area contributed by atoms with Crippen LogP contribution in [0.15, 0.2) is 65.8 Å². The summed E-state index contributed by atoms with van der Waals surface area (Å²) in [4.78, 5) is 28.0. The second-order valence-electron chi connectivity index (χ2n) is 5.90. The van der Waals surface area contributed by atoms with Gasteiger partial charge in [0.2, 0.25) is 0 Å². The van der Waals surface area contributed by atoms with Gasteiger partial charge < -0.3 is 14.3 Å². The summed E-state index contributed by atoms with van der Waals surface area (Å²) in [6.07, 6.45) is 0. The molecule has 2 fully saturated rings. The van der Waals surface area contributed by atoms with Crippen molar-refractivity contribution in [1.82, 2.24) is 0 Å². The third kappa shape index (κ3) is 3.19. The van der Waals surface area contributed by atoms with Gasteiger partial charge in [-0.05, 0) is 12.1 Å². The maximum Gasteiger partial charge on any atom is 0.343 e. The first-order valence-corrected chi connectivity index (χ1v) is 8.27. The van der Waals surface area contributed by atoms with E-state index in [1.165, 1.54) is 7.11 Å². The highest BCUT2D eigenvalue weighted by Crippen LogP contribution is 2.45. The third-order valence-corrected chi connectivity index (χ3v) is 4.16. The lowest BCUT2D eigenvalue weighted by atomic mass is 10.1. The van der Waals surface area contributed by atoms with Crippen LogP contribution in [-0.2, 0) is 34.8 Å². The van der Waals surface area contributed by atoms with E-state index in [1.807, 2.05) is 24.3 Å². The fourth-order valence-corrected chi connectivity index (χ4v) is 2.80. The first kappa shape index (κ1) is 17.6. The smallest absolute Gasteiger partial charge is 0.343 e. The number of ether oxygens (including phenoxy) is 3. The minimum Gasteiger partial charge on any atom is -0.456 e. The van der Waals surface area contributed by atoms with Gasteiger partial charge in [-0.2, -0.15) is 9.78 Å². The maximum absolute atomic E-state index is 12.3. The van der Waals surface area contributed by atoms with E-state index >= 15 is 0 Å². The molecule has 2 atom stereocenters. The van der Waals surface area contributed by atoms with Gasteiger partial charge in [0, 0.05) is 5.56 Å². The number of benzene rings is 2. The largest absolute Gasteiger partial charge is 0.456 e. The molecule has 0 N–H and O–H groups in total. The van der Waals surface area contributed by atoms with Crippen LogP contribution < -0.4 is 0 Å². The Morgan fingerprint density at radius 2 is 1.78 bits per heavy atom. The summed E-state index contributed by atoms with van der Waals surface area (Å²) in [5.74, 6) is -3.68. The van der Waals surface area contributed by atoms with Crippen molar-refractivity contribution in [1.29, 1.82) is 0 Å². The Morgan fingerprint density at radius 3 is 2.48 bits per heavy atom. The molecule has 0 unspecified atom stereocenters. The lowest BCUT2D eigenvalue weighted by Gasteiger charge is -2.34. The van der Waals surface area contributed by atoms with E-state index in [9.17, 15) is 4.79 Å². The maximum atomic E-state index is 12.3. The molecule has 0 aliphatic carbocycles. The van der Waals surface area contributed by atoms with Crippen molar-refractivity contribution < 1.29 is 33.6 Å². The number of hydrogen-bond acceptors (Lipinski definition) is 8. The van der Waals surface area contributed by atoms with Gasteiger partial charge >= 0.3 is 11.9 Å². The molecule has 8 nitrogen and oxygen atoms in total. The molecule has 0 amide bonds. The number of fused-ring (bicyclic) bond motifs is 2. The van der Waals surface area contributed by atoms with E-state index in [4.69, 9.17) is 28.8 Å². The summed E-state index contributed by atoms with van der Waals surface area (Å²) in [6.45, 7) is -0.285. The molecule has 4 rings (SSSR count). The Morgan fingerprint density at radius 1 is 1.07 bits per heavy atom. The average Bonchev–Trinajstić information content (AvgIpc) is 3.05. The summed E-state index contributed by atoms with van der Waals surface area (Å²) in [5, 5.41) is 3.88. The van der Waals surface area contributed by atoms with Crippen molar-refractivity contribution in [3.05, 3.63) is 71.8 Å². The molecule has 0 saturated carbocycles. The molecule has 140 valence electrons. The molecular weight excluding hydrogens is 354 g/mol. The monoisotopic (exact) mass is 371 g/mol. The van der Waals surface area contributed by atoms with Gasteiger partial charge in [-0.15, -0.1) is 0 Å². The predicted molar refractivity (Wildman–Crippen MR) is 91.2 cm³/mol. The zero-order valence-corrected chi connectivity index (χ0v) is 14.5. The third-order valence-electron chi connectivity index (χ3n) is 4.16. The van der Waals surface area contributed by atoms with Crippen LogP contribution in [0.25, 0.3) is 0 Å². The molecule has 0 spiro atoms. The van der Waals surface area contributed by atoms with Gasteiger partial charge in [-0.3, -0.25) is 4.74 Å². The average molecular weight is 371 g/mol. The van der Waals surface area contributed by atoms with Crippen LogP contribution in [0.5, 0.6) is 0 Å². The van der Waals surface area contributed by atoms with E-state index in [0.29, 0.717) is 11.1 Å². The molecule has 2 bridgehead atoms. The Bertz CT molecular complexity index is 842. The van der Waals surface area contributed by atoms with Gasteiger partial charge in [0.15, 0.2) is 6.61 Å². The predicted octanol–water partition coefficient (Wildman–Crippen LogP) is 2.36. The van der Waals surface area contributed by atoms with E-state index in [0.717, 1.165) is 0 Å². The number of nitrogens with zero attached hydrogens (tertiary/aromatic N) is 1. The van der Waals surface area contributed by atoms with Crippen LogP contribution in [0.2, 0.25) is 0 Å². The SMILES string of the molecule is CO/N=C1\CO[C@]2(c3ccccc3)OO[C@@]1(COC(=O)c1ccccc1)O2. The molecule has 2 aliphatic rings. The Kier molecular flexibility index (Phi) is 4.63. The van der Waals surface area contributed by atoms with Crippen molar-refractivity contribution in [3.63, 3.8) is 0 Å².